The predicted octanol–water partition coefficient (Wildman–Crippen LogP) is 2.24. The lowest BCUT2D eigenvalue weighted by molar-refractivity contribution is 0.559. The standard InChI is InChI=1S/C8H6BrNO2S/c9-7-3-1-6(2-4-7)8(5-10)13(11)12/h1-4,8H,(H,11,12). The van der Waals surface area contributed by atoms with Gasteiger partial charge in [-0.2, -0.15) is 5.26 Å². The molecule has 0 saturated carbocycles. The summed E-state index contributed by atoms with van der Waals surface area (Å²) >= 11 is 1.09. The van der Waals surface area contributed by atoms with Crippen molar-refractivity contribution in [3.05, 3.63) is 34.3 Å². The van der Waals surface area contributed by atoms with Gasteiger partial charge in [-0.25, -0.2) is 4.21 Å². The zero-order chi connectivity index (χ0) is 9.84. The molecule has 1 aromatic carbocycles. The van der Waals surface area contributed by atoms with Crippen LogP contribution in [0.15, 0.2) is 28.7 Å². The molecule has 5 heteroatoms. The molecule has 0 radical (unpaired) electrons. The molecule has 0 aromatic heterocycles. The van der Waals surface area contributed by atoms with Gasteiger partial charge < -0.3 is 4.55 Å². The minimum Gasteiger partial charge on any atom is -0.305 e. The van der Waals surface area contributed by atoms with E-state index in [4.69, 9.17) is 9.81 Å². The molecular weight excluding hydrogens is 254 g/mol. The SMILES string of the molecule is N#CC(c1ccc(Br)cc1)S(=O)O. The van der Waals surface area contributed by atoms with E-state index in [0.717, 1.165) is 4.47 Å². The van der Waals surface area contributed by atoms with E-state index in [1.165, 1.54) is 0 Å². The van der Waals surface area contributed by atoms with E-state index in [-0.39, 0.29) is 0 Å². The molecule has 0 heterocycles. The zero-order valence-corrected chi connectivity index (χ0v) is 8.88. The fourth-order valence-electron chi connectivity index (χ4n) is 0.874. The maximum Gasteiger partial charge on any atom is 0.175 e. The van der Waals surface area contributed by atoms with Crippen molar-refractivity contribution in [2.45, 2.75) is 5.25 Å². The van der Waals surface area contributed by atoms with Gasteiger partial charge in [0.25, 0.3) is 0 Å². The number of hydrogen-bond acceptors (Lipinski definition) is 2. The zero-order valence-electron chi connectivity index (χ0n) is 6.48. The molecule has 1 aromatic rings. The van der Waals surface area contributed by atoms with Crippen molar-refractivity contribution in [1.82, 2.24) is 0 Å². The molecule has 0 spiro atoms. The highest BCUT2D eigenvalue weighted by molar-refractivity contribution is 9.10. The molecule has 1 N–H and O–H groups in total. The maximum absolute atomic E-state index is 10.7. The van der Waals surface area contributed by atoms with Crippen LogP contribution in [-0.2, 0) is 11.1 Å². The summed E-state index contributed by atoms with van der Waals surface area (Å²) in [5.74, 6) is 0. The van der Waals surface area contributed by atoms with Crippen LogP contribution in [0.2, 0.25) is 0 Å². The van der Waals surface area contributed by atoms with Gasteiger partial charge in [0.05, 0.1) is 6.07 Å². The fourth-order valence-corrected chi connectivity index (χ4v) is 1.62. The summed E-state index contributed by atoms with van der Waals surface area (Å²) in [6.45, 7) is 0. The Bertz CT molecular complexity index is 357. The highest BCUT2D eigenvalue weighted by Gasteiger charge is 2.15. The Morgan fingerprint density at radius 1 is 1.46 bits per heavy atom. The lowest BCUT2D eigenvalue weighted by atomic mass is 10.2. The smallest absolute Gasteiger partial charge is 0.175 e. The monoisotopic (exact) mass is 259 g/mol. The van der Waals surface area contributed by atoms with Crippen molar-refractivity contribution in [3.8, 4) is 6.07 Å². The van der Waals surface area contributed by atoms with E-state index < -0.39 is 16.3 Å². The van der Waals surface area contributed by atoms with E-state index in [0.29, 0.717) is 5.56 Å². The van der Waals surface area contributed by atoms with Gasteiger partial charge in [0.2, 0.25) is 0 Å². The van der Waals surface area contributed by atoms with Crippen molar-refractivity contribution in [3.63, 3.8) is 0 Å². The van der Waals surface area contributed by atoms with E-state index >= 15 is 0 Å². The normalized spacial score (nSPS) is 14.5. The van der Waals surface area contributed by atoms with Gasteiger partial charge in [-0.05, 0) is 17.7 Å². The molecule has 0 aliphatic carbocycles. The second-order valence-corrected chi connectivity index (χ2v) is 4.28. The molecule has 2 atom stereocenters. The first kappa shape index (κ1) is 10.4. The molecule has 13 heavy (non-hydrogen) atoms. The molecular formula is C8H6BrNO2S. The Labute approximate surface area is 86.8 Å². The predicted molar refractivity (Wildman–Crippen MR) is 53.3 cm³/mol. The Morgan fingerprint density at radius 2 is 2.00 bits per heavy atom. The number of rotatable bonds is 2. The van der Waals surface area contributed by atoms with Crippen LogP contribution in [0.3, 0.4) is 0 Å². The van der Waals surface area contributed by atoms with Crippen molar-refractivity contribution < 1.29 is 8.76 Å². The lowest BCUT2D eigenvalue weighted by Crippen LogP contribution is -2.02. The summed E-state index contributed by atoms with van der Waals surface area (Å²) in [5, 5.41) is 7.64. The highest BCUT2D eigenvalue weighted by atomic mass is 79.9. The second kappa shape index (κ2) is 4.51. The Morgan fingerprint density at radius 3 is 2.38 bits per heavy atom. The summed E-state index contributed by atoms with van der Waals surface area (Å²) in [5.41, 5.74) is 0.548. The first-order valence-corrected chi connectivity index (χ1v) is 5.36. The Balaban J connectivity index is 3.01. The molecule has 0 saturated heterocycles. The van der Waals surface area contributed by atoms with E-state index in [1.54, 1.807) is 30.3 Å². The summed E-state index contributed by atoms with van der Waals surface area (Å²) in [6.07, 6.45) is 0. The molecule has 0 fully saturated rings. The number of benzene rings is 1. The van der Waals surface area contributed by atoms with Crippen molar-refractivity contribution in [2.75, 3.05) is 0 Å². The van der Waals surface area contributed by atoms with Gasteiger partial charge in [0.15, 0.2) is 16.3 Å². The van der Waals surface area contributed by atoms with Gasteiger partial charge >= 0.3 is 0 Å². The lowest BCUT2D eigenvalue weighted by Gasteiger charge is -2.03. The summed E-state index contributed by atoms with van der Waals surface area (Å²) in [4.78, 5) is 0. The van der Waals surface area contributed by atoms with Gasteiger partial charge in [0.1, 0.15) is 0 Å². The van der Waals surface area contributed by atoms with Crippen LogP contribution in [-0.4, -0.2) is 8.76 Å². The number of halogens is 1. The molecule has 0 aliphatic rings. The number of nitriles is 1. The summed E-state index contributed by atoms with van der Waals surface area (Å²) in [6, 6.07) is 8.52. The van der Waals surface area contributed by atoms with Crippen LogP contribution >= 0.6 is 15.9 Å². The number of nitrogens with zero attached hydrogens (tertiary/aromatic N) is 1. The highest BCUT2D eigenvalue weighted by Crippen LogP contribution is 2.20. The summed E-state index contributed by atoms with van der Waals surface area (Å²) < 4.78 is 20.3. The van der Waals surface area contributed by atoms with Gasteiger partial charge in [0, 0.05) is 4.47 Å². The van der Waals surface area contributed by atoms with E-state index in [1.807, 2.05) is 0 Å². The molecule has 0 aliphatic heterocycles. The average molecular weight is 260 g/mol. The molecule has 1 rings (SSSR count). The van der Waals surface area contributed by atoms with Crippen LogP contribution in [0.4, 0.5) is 0 Å². The molecule has 0 amide bonds. The van der Waals surface area contributed by atoms with Crippen LogP contribution in [0.1, 0.15) is 10.8 Å². The van der Waals surface area contributed by atoms with E-state index in [9.17, 15) is 4.21 Å². The third-order valence-electron chi connectivity index (χ3n) is 1.49. The summed E-state index contributed by atoms with van der Waals surface area (Å²) in [7, 11) is 0. The third-order valence-corrected chi connectivity index (χ3v) is 2.80. The van der Waals surface area contributed by atoms with Crippen molar-refractivity contribution in [1.29, 1.82) is 5.26 Å². The number of hydrogen-bond donors (Lipinski definition) is 1. The van der Waals surface area contributed by atoms with E-state index in [2.05, 4.69) is 15.9 Å². The molecule has 2 unspecified atom stereocenters. The first-order valence-electron chi connectivity index (χ1n) is 3.40. The van der Waals surface area contributed by atoms with Crippen molar-refractivity contribution >= 4 is 27.0 Å². The van der Waals surface area contributed by atoms with Crippen LogP contribution in [0.5, 0.6) is 0 Å². The Kier molecular flexibility index (Phi) is 3.60. The van der Waals surface area contributed by atoms with Gasteiger partial charge in [-0.15, -0.1) is 0 Å². The minimum absolute atomic E-state index is 0.548. The molecule has 0 bridgehead atoms. The minimum atomic E-state index is -2.14. The Hall–Kier alpha value is -0.700. The third kappa shape index (κ3) is 2.62. The quantitative estimate of drug-likeness (QED) is 0.829. The molecule has 68 valence electrons. The molecule has 3 nitrogen and oxygen atoms in total. The maximum atomic E-state index is 10.7. The van der Waals surface area contributed by atoms with Gasteiger partial charge in [-0.1, -0.05) is 28.1 Å². The largest absolute Gasteiger partial charge is 0.305 e. The van der Waals surface area contributed by atoms with Crippen LogP contribution in [0.25, 0.3) is 0 Å². The van der Waals surface area contributed by atoms with Crippen LogP contribution < -0.4 is 0 Å². The second-order valence-electron chi connectivity index (χ2n) is 2.34. The fraction of sp³-hybridized carbons (Fsp3) is 0.125. The average Bonchev–Trinajstić information content (AvgIpc) is 2.09. The van der Waals surface area contributed by atoms with Crippen molar-refractivity contribution in [2.24, 2.45) is 0 Å². The van der Waals surface area contributed by atoms with Gasteiger partial charge in [-0.3, -0.25) is 0 Å². The van der Waals surface area contributed by atoms with Crippen LogP contribution in [0, 0.1) is 11.3 Å². The topological polar surface area (TPSA) is 61.1 Å². The first-order chi connectivity index (χ1) is 6.15.